The summed E-state index contributed by atoms with van der Waals surface area (Å²) in [5.41, 5.74) is 0. The van der Waals surface area contributed by atoms with Crippen molar-refractivity contribution in [1.29, 1.82) is 0 Å². The van der Waals surface area contributed by atoms with Crippen molar-refractivity contribution in [2.24, 2.45) is 5.92 Å². The Morgan fingerprint density at radius 3 is 2.83 bits per heavy atom. The number of carbonyl (C=O) groups excluding carboxylic acids is 2. The molecule has 0 spiro atoms. The number of hydrogen-bond donors (Lipinski definition) is 3. The standard InChI is InChI=1S/C15H21N3O5/c1-10-4-5-18(12(7-10)14(20)21)13(19)9-17-15(22)16-8-11-3-2-6-23-11/h2-3,6,10,12H,4-5,7-9H2,1H3,(H,20,21)(H2,16,17,22). The predicted molar refractivity (Wildman–Crippen MR) is 80.5 cm³/mol. The van der Waals surface area contributed by atoms with Crippen LogP contribution >= 0.6 is 0 Å². The number of piperidine rings is 1. The maximum atomic E-state index is 12.2. The Bertz CT molecular complexity index is 557. The van der Waals surface area contributed by atoms with Gasteiger partial charge in [0.25, 0.3) is 0 Å². The minimum absolute atomic E-state index is 0.214. The first-order chi connectivity index (χ1) is 11.0. The summed E-state index contributed by atoms with van der Waals surface area (Å²) in [5, 5.41) is 14.2. The van der Waals surface area contributed by atoms with E-state index in [2.05, 4.69) is 10.6 Å². The molecule has 2 unspecified atom stereocenters. The van der Waals surface area contributed by atoms with Crippen LogP contribution in [0, 0.1) is 5.92 Å². The van der Waals surface area contributed by atoms with Gasteiger partial charge < -0.3 is 25.1 Å². The predicted octanol–water partition coefficient (Wildman–Crippen LogP) is 0.790. The van der Waals surface area contributed by atoms with Crippen molar-refractivity contribution in [3.63, 3.8) is 0 Å². The van der Waals surface area contributed by atoms with Crippen molar-refractivity contribution in [2.75, 3.05) is 13.1 Å². The second kappa shape index (κ2) is 7.66. The van der Waals surface area contributed by atoms with E-state index in [-0.39, 0.29) is 19.0 Å². The highest BCUT2D eigenvalue weighted by atomic mass is 16.4. The van der Waals surface area contributed by atoms with Gasteiger partial charge in [-0.25, -0.2) is 9.59 Å². The molecule has 0 saturated carbocycles. The van der Waals surface area contributed by atoms with Crippen molar-refractivity contribution in [1.82, 2.24) is 15.5 Å². The Morgan fingerprint density at radius 2 is 2.17 bits per heavy atom. The third-order valence-corrected chi connectivity index (χ3v) is 3.87. The van der Waals surface area contributed by atoms with Crippen LogP contribution < -0.4 is 10.6 Å². The second-order valence-electron chi connectivity index (χ2n) is 5.69. The zero-order valence-corrected chi connectivity index (χ0v) is 12.9. The molecule has 3 N–H and O–H groups in total. The SMILES string of the molecule is CC1CCN(C(=O)CNC(=O)NCc2ccco2)C(C(=O)O)C1. The molecule has 1 aromatic rings. The summed E-state index contributed by atoms with van der Waals surface area (Å²) in [5.74, 6) is -0.531. The molecule has 1 aromatic heterocycles. The molecule has 0 aromatic carbocycles. The molecule has 2 heterocycles. The number of aliphatic carboxylic acids is 1. The Balaban J connectivity index is 1.78. The van der Waals surface area contributed by atoms with Gasteiger partial charge in [-0.15, -0.1) is 0 Å². The minimum atomic E-state index is -1.01. The largest absolute Gasteiger partial charge is 0.480 e. The Hall–Kier alpha value is -2.51. The zero-order chi connectivity index (χ0) is 16.8. The summed E-state index contributed by atoms with van der Waals surface area (Å²) in [6.45, 7) is 2.35. The smallest absolute Gasteiger partial charge is 0.326 e. The molecule has 2 atom stereocenters. The van der Waals surface area contributed by atoms with E-state index in [1.165, 1.54) is 11.2 Å². The molecular weight excluding hydrogens is 302 g/mol. The number of nitrogens with one attached hydrogen (secondary N) is 2. The lowest BCUT2D eigenvalue weighted by molar-refractivity contribution is -0.152. The zero-order valence-electron chi connectivity index (χ0n) is 12.9. The van der Waals surface area contributed by atoms with E-state index in [0.717, 1.165) is 6.42 Å². The number of urea groups is 1. The van der Waals surface area contributed by atoms with Gasteiger partial charge in [0.15, 0.2) is 0 Å². The van der Waals surface area contributed by atoms with E-state index >= 15 is 0 Å². The lowest BCUT2D eigenvalue weighted by Crippen LogP contribution is -2.53. The number of carboxylic acid groups (broad SMARTS) is 1. The average Bonchev–Trinajstić information content (AvgIpc) is 3.03. The molecule has 126 valence electrons. The number of carboxylic acids is 1. The number of likely N-dealkylation sites (tertiary alicyclic amines) is 1. The normalized spacial score (nSPS) is 20.8. The highest BCUT2D eigenvalue weighted by Gasteiger charge is 2.34. The van der Waals surface area contributed by atoms with Crippen LogP contribution in [0.25, 0.3) is 0 Å². The van der Waals surface area contributed by atoms with Crippen molar-refractivity contribution < 1.29 is 23.9 Å². The van der Waals surface area contributed by atoms with Gasteiger partial charge in [0.05, 0.1) is 19.4 Å². The van der Waals surface area contributed by atoms with Crippen molar-refractivity contribution >= 4 is 17.9 Å². The topological polar surface area (TPSA) is 112 Å². The number of nitrogens with zero attached hydrogens (tertiary/aromatic N) is 1. The number of furan rings is 1. The number of amides is 3. The molecule has 1 saturated heterocycles. The first-order valence-electron chi connectivity index (χ1n) is 7.53. The maximum Gasteiger partial charge on any atom is 0.326 e. The maximum absolute atomic E-state index is 12.2. The lowest BCUT2D eigenvalue weighted by Gasteiger charge is -2.36. The average molecular weight is 323 g/mol. The monoisotopic (exact) mass is 323 g/mol. The van der Waals surface area contributed by atoms with E-state index in [1.807, 2.05) is 6.92 Å². The number of carbonyl (C=O) groups is 3. The fraction of sp³-hybridized carbons (Fsp3) is 0.533. The Morgan fingerprint density at radius 1 is 1.39 bits per heavy atom. The molecule has 1 aliphatic rings. The quantitative estimate of drug-likeness (QED) is 0.742. The van der Waals surface area contributed by atoms with E-state index in [9.17, 15) is 19.5 Å². The summed E-state index contributed by atoms with van der Waals surface area (Å²) in [4.78, 5) is 36.4. The van der Waals surface area contributed by atoms with E-state index in [1.54, 1.807) is 12.1 Å². The van der Waals surface area contributed by atoms with Crippen LogP contribution in [0.4, 0.5) is 4.79 Å². The molecule has 8 nitrogen and oxygen atoms in total. The highest BCUT2D eigenvalue weighted by Crippen LogP contribution is 2.22. The van der Waals surface area contributed by atoms with E-state index < -0.39 is 23.9 Å². The molecule has 2 rings (SSSR count). The molecule has 3 amide bonds. The van der Waals surface area contributed by atoms with Crippen molar-refractivity contribution in [3.8, 4) is 0 Å². The molecule has 8 heteroatoms. The third-order valence-electron chi connectivity index (χ3n) is 3.87. The summed E-state index contributed by atoms with van der Waals surface area (Å²) >= 11 is 0. The van der Waals surface area contributed by atoms with Crippen molar-refractivity contribution in [2.45, 2.75) is 32.4 Å². The summed E-state index contributed by atoms with van der Waals surface area (Å²) in [6, 6.07) is 2.10. The Labute approximate surface area is 133 Å². The van der Waals surface area contributed by atoms with Crippen LogP contribution in [0.15, 0.2) is 22.8 Å². The molecule has 0 bridgehead atoms. The van der Waals surface area contributed by atoms with Gasteiger partial charge in [0.1, 0.15) is 11.8 Å². The molecule has 0 radical (unpaired) electrons. The van der Waals surface area contributed by atoms with Gasteiger partial charge in [0.2, 0.25) is 5.91 Å². The van der Waals surface area contributed by atoms with E-state index in [0.29, 0.717) is 18.7 Å². The highest BCUT2D eigenvalue weighted by molar-refractivity contribution is 5.87. The summed E-state index contributed by atoms with van der Waals surface area (Å²) < 4.78 is 5.07. The molecule has 0 aliphatic carbocycles. The van der Waals surface area contributed by atoms with Gasteiger partial charge in [-0.2, -0.15) is 0 Å². The van der Waals surface area contributed by atoms with Gasteiger partial charge in [-0.05, 0) is 30.9 Å². The molecular formula is C15H21N3O5. The molecule has 1 fully saturated rings. The van der Waals surface area contributed by atoms with Crippen LogP contribution in [-0.2, 0) is 16.1 Å². The fourth-order valence-corrected chi connectivity index (χ4v) is 2.57. The Kier molecular flexibility index (Phi) is 5.61. The van der Waals surface area contributed by atoms with Gasteiger partial charge in [0, 0.05) is 6.54 Å². The minimum Gasteiger partial charge on any atom is -0.480 e. The van der Waals surface area contributed by atoms with Crippen molar-refractivity contribution in [3.05, 3.63) is 24.2 Å². The molecule has 23 heavy (non-hydrogen) atoms. The van der Waals surface area contributed by atoms with Crippen LogP contribution in [0.2, 0.25) is 0 Å². The lowest BCUT2D eigenvalue weighted by atomic mass is 9.92. The third kappa shape index (κ3) is 4.73. The molecule has 1 aliphatic heterocycles. The summed E-state index contributed by atoms with van der Waals surface area (Å²) in [6.07, 6.45) is 2.70. The summed E-state index contributed by atoms with van der Waals surface area (Å²) in [7, 11) is 0. The van der Waals surface area contributed by atoms with Gasteiger partial charge >= 0.3 is 12.0 Å². The number of rotatable bonds is 5. The number of hydrogen-bond acceptors (Lipinski definition) is 4. The first kappa shape index (κ1) is 16.9. The van der Waals surface area contributed by atoms with Crippen LogP contribution in [-0.4, -0.2) is 47.0 Å². The van der Waals surface area contributed by atoms with Crippen LogP contribution in [0.3, 0.4) is 0 Å². The fourth-order valence-electron chi connectivity index (χ4n) is 2.57. The second-order valence-corrected chi connectivity index (χ2v) is 5.69. The van der Waals surface area contributed by atoms with Crippen LogP contribution in [0.5, 0.6) is 0 Å². The van der Waals surface area contributed by atoms with E-state index in [4.69, 9.17) is 4.42 Å². The van der Waals surface area contributed by atoms with Crippen LogP contribution in [0.1, 0.15) is 25.5 Å². The van der Waals surface area contributed by atoms with Gasteiger partial charge in [-0.1, -0.05) is 6.92 Å². The van der Waals surface area contributed by atoms with Gasteiger partial charge in [-0.3, -0.25) is 4.79 Å². The first-order valence-corrected chi connectivity index (χ1v) is 7.53.